The van der Waals surface area contributed by atoms with Gasteiger partial charge in [0.1, 0.15) is 6.04 Å². The molecule has 286 valence electrons. The monoisotopic (exact) mass is 731 g/mol. The highest BCUT2D eigenvalue weighted by atomic mass is 32.2. The zero-order valence-corrected chi connectivity index (χ0v) is 33.0. The van der Waals surface area contributed by atoms with E-state index < -0.39 is 73.2 Å². The lowest BCUT2D eigenvalue weighted by molar-refractivity contribution is -0.142. The molecule has 1 aliphatic heterocycles. The second-order valence-corrected chi connectivity index (χ2v) is 19.6. The van der Waals surface area contributed by atoms with Crippen molar-refractivity contribution >= 4 is 39.4 Å². The summed E-state index contributed by atoms with van der Waals surface area (Å²) in [5.41, 5.74) is -0.582. The molecule has 0 aromatic heterocycles. The van der Waals surface area contributed by atoms with Crippen LogP contribution in [0.4, 0.5) is 4.79 Å². The third-order valence-electron chi connectivity index (χ3n) is 9.59. The van der Waals surface area contributed by atoms with Crippen molar-refractivity contribution in [3.8, 4) is 11.8 Å². The molecule has 1 saturated heterocycles. The van der Waals surface area contributed by atoms with Crippen molar-refractivity contribution in [1.82, 2.24) is 26.2 Å². The van der Waals surface area contributed by atoms with Gasteiger partial charge in [0.2, 0.25) is 11.7 Å². The van der Waals surface area contributed by atoms with Crippen LogP contribution in [0.25, 0.3) is 0 Å². The van der Waals surface area contributed by atoms with Gasteiger partial charge >= 0.3 is 6.03 Å². The van der Waals surface area contributed by atoms with E-state index in [2.05, 4.69) is 33.1 Å². The summed E-state index contributed by atoms with van der Waals surface area (Å²) in [5.74, 6) is 2.79. The molecule has 4 N–H and O–H groups in total. The lowest BCUT2D eigenvalue weighted by atomic mass is 9.83. The van der Waals surface area contributed by atoms with E-state index in [1.165, 1.54) is 4.90 Å². The molecule has 0 bridgehead atoms. The number of carbonyl (C=O) groups is 5. The van der Waals surface area contributed by atoms with Crippen molar-refractivity contribution in [3.63, 3.8) is 0 Å². The Morgan fingerprint density at radius 1 is 0.941 bits per heavy atom. The third-order valence-corrected chi connectivity index (χ3v) is 12.4. The fraction of sp³-hybridized carbons (Fsp3) is 0.763. The van der Waals surface area contributed by atoms with Crippen molar-refractivity contribution in [2.24, 2.45) is 11.3 Å². The molecular formula is C38H61N5O7S. The van der Waals surface area contributed by atoms with E-state index in [0.29, 0.717) is 25.7 Å². The van der Waals surface area contributed by atoms with Gasteiger partial charge in [0, 0.05) is 23.9 Å². The van der Waals surface area contributed by atoms with Crippen LogP contribution in [0.5, 0.6) is 0 Å². The molecule has 4 atom stereocenters. The number of carbonyl (C=O) groups excluding carboxylic acids is 5. The average Bonchev–Trinajstić information content (AvgIpc) is 3.73. The maximum Gasteiger partial charge on any atom is 0.316 e. The molecule has 1 unspecified atom stereocenters. The van der Waals surface area contributed by atoms with Crippen LogP contribution in [0.15, 0.2) is 11.6 Å². The number of sulfone groups is 1. The Kier molecular flexibility index (Phi) is 14.0. The molecule has 1 heterocycles. The number of Topliss-reactive ketones (excluding diaryl/α,β-unsaturated/α-hetero) is 1. The quantitative estimate of drug-likeness (QED) is 0.126. The van der Waals surface area contributed by atoms with Crippen molar-refractivity contribution in [1.29, 1.82) is 0 Å². The van der Waals surface area contributed by atoms with Crippen LogP contribution in [-0.2, 0) is 29.0 Å². The molecule has 2 aliphatic carbocycles. The van der Waals surface area contributed by atoms with Crippen LogP contribution in [0.1, 0.15) is 127 Å². The van der Waals surface area contributed by atoms with Crippen molar-refractivity contribution < 1.29 is 32.4 Å². The topological polar surface area (TPSA) is 171 Å². The first-order chi connectivity index (χ1) is 23.6. The molecule has 12 nitrogen and oxygen atoms in total. The van der Waals surface area contributed by atoms with Crippen molar-refractivity contribution in [2.45, 2.75) is 161 Å². The van der Waals surface area contributed by atoms with Gasteiger partial charge in [-0.05, 0) is 93.9 Å². The standard InChI is InChI=1S/C38H61N5O7S/c1-10-14-28(31(44)33(46)39-27-15-16-27)40-32(45)30-26(23-25(2)3)18-22-43(30)34(47)29(17-21-36(4,5)6)41-35(48)42-38(19-12-11-13-20-38)24-51(49,50)37(7,8)9/h23,26-30H,10-16,18-20,22,24H2,1-9H3,(H,39,46)(H,40,45)(H2,41,42,48)/t26?,28-,29-,30-/m0/s1. The molecule has 0 aromatic rings. The Morgan fingerprint density at radius 3 is 2.10 bits per heavy atom. The van der Waals surface area contributed by atoms with Crippen molar-refractivity contribution in [3.05, 3.63) is 11.6 Å². The van der Waals surface area contributed by atoms with E-state index in [9.17, 15) is 32.4 Å². The molecule has 51 heavy (non-hydrogen) atoms. The van der Waals surface area contributed by atoms with Gasteiger partial charge in [0.15, 0.2) is 15.9 Å². The van der Waals surface area contributed by atoms with Gasteiger partial charge in [-0.15, -0.1) is 0 Å². The van der Waals surface area contributed by atoms with Gasteiger partial charge in [-0.2, -0.15) is 0 Å². The summed E-state index contributed by atoms with van der Waals surface area (Å²) in [6, 6.07) is -4.14. The Bertz CT molecular complexity index is 1520. The zero-order valence-electron chi connectivity index (χ0n) is 32.2. The van der Waals surface area contributed by atoms with Crippen LogP contribution in [0, 0.1) is 23.2 Å². The molecule has 3 aliphatic rings. The molecule has 0 spiro atoms. The summed E-state index contributed by atoms with van der Waals surface area (Å²) in [6.07, 6.45) is 8.22. The highest BCUT2D eigenvalue weighted by Gasteiger charge is 2.46. The summed E-state index contributed by atoms with van der Waals surface area (Å²) in [7, 11) is -3.60. The second kappa shape index (κ2) is 17.0. The number of nitrogens with one attached hydrogen (secondary N) is 4. The number of rotatable bonds is 13. The first-order valence-electron chi connectivity index (χ1n) is 18.5. The Labute approximate surface area is 305 Å². The van der Waals surface area contributed by atoms with Crippen LogP contribution in [-0.4, -0.2) is 89.6 Å². The predicted molar refractivity (Wildman–Crippen MR) is 198 cm³/mol. The molecule has 0 radical (unpaired) electrons. The fourth-order valence-electron chi connectivity index (χ4n) is 6.60. The summed E-state index contributed by atoms with van der Waals surface area (Å²) in [4.78, 5) is 69.4. The van der Waals surface area contributed by atoms with Gasteiger partial charge in [-0.25, -0.2) is 13.2 Å². The smallest absolute Gasteiger partial charge is 0.316 e. The van der Waals surface area contributed by atoms with Crippen LogP contribution in [0.3, 0.4) is 0 Å². The SMILES string of the molecule is CCC[C@H](NC(=O)[C@@H]1C(C=C(C)C)CCN1C(=O)[C@H](C#CC(C)(C)C)NC(=O)NC1(CS(=O)(=O)C(C)(C)C)CCCCC1)C(=O)C(=O)NC1CC1. The van der Waals surface area contributed by atoms with Crippen molar-refractivity contribution in [2.75, 3.05) is 12.3 Å². The number of hydrogen-bond donors (Lipinski definition) is 4. The molecular weight excluding hydrogens is 671 g/mol. The Balaban J connectivity index is 1.92. The van der Waals surface area contributed by atoms with Crippen LogP contribution < -0.4 is 21.3 Å². The van der Waals surface area contributed by atoms with E-state index in [1.807, 2.05) is 47.6 Å². The number of urea groups is 1. The van der Waals surface area contributed by atoms with Crippen LogP contribution >= 0.6 is 0 Å². The minimum atomic E-state index is -3.60. The first-order valence-corrected chi connectivity index (χ1v) is 20.2. The molecule has 13 heteroatoms. The molecule has 5 amide bonds. The summed E-state index contributed by atoms with van der Waals surface area (Å²) in [5, 5.41) is 11.2. The normalized spacial score (nSPS) is 21.6. The van der Waals surface area contributed by atoms with E-state index >= 15 is 0 Å². The van der Waals surface area contributed by atoms with Crippen LogP contribution in [0.2, 0.25) is 0 Å². The molecule has 2 saturated carbocycles. The highest BCUT2D eigenvalue weighted by molar-refractivity contribution is 7.92. The number of nitrogens with zero attached hydrogens (tertiary/aromatic N) is 1. The lowest BCUT2D eigenvalue weighted by Gasteiger charge is -2.39. The van der Waals surface area contributed by atoms with Gasteiger partial charge in [-0.1, -0.05) is 56.1 Å². The maximum atomic E-state index is 14.4. The molecule has 0 aromatic carbocycles. The van der Waals surface area contributed by atoms with E-state index in [0.717, 1.165) is 37.7 Å². The number of amides is 5. The lowest BCUT2D eigenvalue weighted by Crippen LogP contribution is -2.61. The number of ketones is 1. The predicted octanol–water partition coefficient (Wildman–Crippen LogP) is 3.94. The van der Waals surface area contributed by atoms with Gasteiger partial charge in [0.05, 0.1) is 22.1 Å². The highest BCUT2D eigenvalue weighted by Crippen LogP contribution is 2.33. The molecule has 3 rings (SSSR count). The third kappa shape index (κ3) is 12.1. The van der Waals surface area contributed by atoms with E-state index in [1.54, 1.807) is 20.8 Å². The molecule has 3 fully saturated rings. The van der Waals surface area contributed by atoms with Gasteiger partial charge in [-0.3, -0.25) is 19.2 Å². The second-order valence-electron chi connectivity index (χ2n) is 16.9. The minimum Gasteiger partial charge on any atom is -0.347 e. The van der Waals surface area contributed by atoms with Gasteiger partial charge in [0.25, 0.3) is 11.8 Å². The summed E-state index contributed by atoms with van der Waals surface area (Å²) >= 11 is 0. The van der Waals surface area contributed by atoms with E-state index in [-0.39, 0.29) is 30.7 Å². The van der Waals surface area contributed by atoms with E-state index in [4.69, 9.17) is 0 Å². The maximum absolute atomic E-state index is 14.4. The minimum absolute atomic E-state index is 0.0175. The summed E-state index contributed by atoms with van der Waals surface area (Å²) < 4.78 is 25.7. The first kappa shape index (κ1) is 42.0. The summed E-state index contributed by atoms with van der Waals surface area (Å²) in [6.45, 7) is 16.4. The number of likely N-dealkylation sites (tertiary alicyclic amines) is 1. The Morgan fingerprint density at radius 2 is 1.57 bits per heavy atom. The number of hydrogen-bond acceptors (Lipinski definition) is 7. The Hall–Kier alpha value is -3.40. The number of allylic oxidation sites excluding steroid dienone is 1. The largest absolute Gasteiger partial charge is 0.347 e. The van der Waals surface area contributed by atoms with Gasteiger partial charge < -0.3 is 26.2 Å². The average molecular weight is 732 g/mol. The fourth-order valence-corrected chi connectivity index (χ4v) is 8.12. The zero-order chi connectivity index (χ0) is 38.4.